The Morgan fingerprint density at radius 2 is 0.865 bits per heavy atom. The fourth-order valence-electron chi connectivity index (χ4n) is 16.3. The molecule has 0 spiro atoms. The molecule has 0 aromatic rings. The Morgan fingerprint density at radius 1 is 0.406 bits per heavy atom. The number of carboxylic acids is 3. The highest BCUT2D eigenvalue weighted by Gasteiger charge is 2.66. The molecule has 10 aliphatic rings. The molecule has 10 heterocycles. The van der Waals surface area contributed by atoms with Gasteiger partial charge >= 0.3 is 25.7 Å². The highest BCUT2D eigenvalue weighted by atomic mass is 31.2. The molecule has 133 heavy (non-hydrogen) atoms. The maximum absolute atomic E-state index is 14.3. The molecule has 10 saturated heterocycles. The van der Waals surface area contributed by atoms with Crippen molar-refractivity contribution in [2.75, 3.05) is 72.6 Å². The van der Waals surface area contributed by atoms with E-state index < -0.39 is 435 Å². The Hall–Kier alpha value is -3.60. The fourth-order valence-corrected chi connectivity index (χ4v) is 17.2. The van der Waals surface area contributed by atoms with Crippen LogP contribution in [0.4, 0.5) is 0 Å². The number of phosphoric acid groups is 1. The van der Waals surface area contributed by atoms with Crippen LogP contribution >= 0.6 is 7.82 Å². The lowest BCUT2D eigenvalue weighted by Crippen LogP contribution is -2.71. The first-order valence-electron chi connectivity index (χ1n) is 41.1. The third-order valence-corrected chi connectivity index (χ3v) is 24.7. The summed E-state index contributed by atoms with van der Waals surface area (Å²) < 4.78 is 136. The molecule has 0 bridgehead atoms. The second-order valence-corrected chi connectivity index (χ2v) is 34.3. The number of aliphatic hydroxyl groups excluding tert-OH is 30. The number of nitrogens with two attached hydrogens (primary N) is 3. The van der Waals surface area contributed by atoms with E-state index in [0.29, 0.717) is 0 Å². The average molecular weight is 1980 g/mol. The van der Waals surface area contributed by atoms with Gasteiger partial charge in [-0.05, 0) is 0 Å². The van der Waals surface area contributed by atoms with Crippen molar-refractivity contribution in [3.05, 3.63) is 0 Å². The molecule has 10 aliphatic heterocycles. The second kappa shape index (κ2) is 47.1. The van der Waals surface area contributed by atoms with Gasteiger partial charge in [-0.3, -0.25) is 9.05 Å². The van der Waals surface area contributed by atoms with Crippen LogP contribution in [0, 0.1) is 0 Å². The molecule has 0 radical (unpaired) electrons. The number of carbonyl (C=O) groups is 3. The van der Waals surface area contributed by atoms with Crippen LogP contribution < -0.4 is 17.2 Å². The molecule has 2 unspecified atom stereocenters. The quantitative estimate of drug-likeness (QED) is 0.0253. The third-order valence-electron chi connectivity index (χ3n) is 23.7. The van der Waals surface area contributed by atoms with E-state index in [1.165, 1.54) is 0 Å². The van der Waals surface area contributed by atoms with E-state index in [4.69, 9.17) is 116 Å². The summed E-state index contributed by atoms with van der Waals surface area (Å²) >= 11 is 0. The molecule has 10 rings (SSSR count). The van der Waals surface area contributed by atoms with Crippen LogP contribution in [0.1, 0.15) is 12.8 Å². The van der Waals surface area contributed by atoms with Crippen molar-refractivity contribution in [3.63, 3.8) is 0 Å². The van der Waals surface area contributed by atoms with Gasteiger partial charge in [0.1, 0.15) is 232 Å². The summed E-state index contributed by atoms with van der Waals surface area (Å²) in [7, 11) is -5.99. The van der Waals surface area contributed by atoms with Gasteiger partial charge in [0, 0.05) is 19.4 Å². The Labute approximate surface area is 747 Å². The van der Waals surface area contributed by atoms with Gasteiger partial charge in [-0.2, -0.15) is 0 Å². The average Bonchev–Trinajstić information content (AvgIpc) is 0.743. The van der Waals surface area contributed by atoms with Gasteiger partial charge in [-0.25, -0.2) is 18.9 Å². The number of ether oxygens (including phenoxy) is 19. The fraction of sp³-hybridized carbons (Fsp3) is 0.957. The van der Waals surface area contributed by atoms with Crippen LogP contribution in [0.25, 0.3) is 0 Å². The minimum absolute atomic E-state index is 0.609. The Balaban J connectivity index is 1.17. The molecule has 64 heteroatoms. The number of hydrogen-bond acceptors (Lipinski definition) is 59. The van der Waals surface area contributed by atoms with Crippen LogP contribution in [0.2, 0.25) is 0 Å². The molecule has 774 valence electrons. The molecule has 0 aromatic carbocycles. The lowest BCUT2D eigenvalue weighted by atomic mass is 9.89. The topological polar surface area (TPSA) is 1050 Å². The minimum Gasteiger partial charge on any atom is -0.479 e. The summed E-state index contributed by atoms with van der Waals surface area (Å²) in [6, 6.07) is -3.33. The third kappa shape index (κ3) is 24.3. The zero-order valence-corrected chi connectivity index (χ0v) is 70.1. The molecule has 0 saturated carbocycles. The minimum atomic E-state index is -5.99. The standard InChI is InChI=1S/C69H118N3O60P/c70-1-2-115-133(110,111)132-24(13-114-60-37(96)32(91)34(93)44(118-60)16(80)5-73)49-40(99)51(123-65-54(126-62-39(98)33(92)35(94)45(119-62)17(81)6-74)41(100)52(56(128-65)57(103)104)124-58-25(72)30(89)28(87)22(9-77)116-58)42(101)63(121-49)125-53-43(102)64(120-47(19(83)8-76)55(53)127-61-38(97)31(90)29(88)23(10-78)117-61)122-50-21(129-69(67(107)108)3-15(79)27(86)46(131-69)18(82)7-75)4-68(109,66(105)106)130-48(50)20(84)12-113-59-36(95)26(85)14(71)11-112-59/h14-56,58-65,73-102,109H,1-13,70-72H2,(H,103,104)(H,105,106)(H,107,108)(H,110,111)/t14-,15+,16-,17?,18+,19-,20+,21+,22+,23+,24-,25+,26-,27+,28-,29+,30+,31-,32-,33-,34-,35-,36+,37-,38+,39-,40+,41-,42-,43-,44+,45+,46+,47+,48+,49+,50+,51-,52+,53+,54+,55+,56-,58+,59+,60-,61-,62+,63+,64+,65-,68+,69+/m0/s1. The van der Waals surface area contributed by atoms with E-state index in [0.717, 1.165) is 0 Å². The lowest BCUT2D eigenvalue weighted by Gasteiger charge is -2.53. The number of hydrogen-bond donors (Lipinski definition) is 38. The zero-order chi connectivity index (χ0) is 98.7. The van der Waals surface area contributed by atoms with Gasteiger partial charge in [-0.1, -0.05) is 0 Å². The van der Waals surface area contributed by atoms with Crippen molar-refractivity contribution in [2.45, 2.75) is 337 Å². The highest BCUT2D eigenvalue weighted by molar-refractivity contribution is 7.47. The molecule has 41 N–H and O–H groups in total. The van der Waals surface area contributed by atoms with Gasteiger partial charge in [-0.15, -0.1) is 0 Å². The first-order valence-corrected chi connectivity index (χ1v) is 42.6. The Morgan fingerprint density at radius 3 is 1.42 bits per heavy atom. The smallest absolute Gasteiger partial charge is 0.472 e. The summed E-state index contributed by atoms with van der Waals surface area (Å²) in [4.78, 5) is 52.4. The molecule has 63 nitrogen and oxygen atoms in total. The van der Waals surface area contributed by atoms with E-state index in [1.54, 1.807) is 0 Å². The van der Waals surface area contributed by atoms with Gasteiger partial charge in [0.2, 0.25) is 0 Å². The van der Waals surface area contributed by atoms with E-state index >= 15 is 0 Å². The summed E-state index contributed by atoms with van der Waals surface area (Å²) in [5, 5.41) is 382. The van der Waals surface area contributed by atoms with E-state index in [9.17, 15) is 197 Å². The highest BCUT2D eigenvalue weighted by Crippen LogP contribution is 2.49. The molecule has 54 atom stereocenters. The second-order valence-electron chi connectivity index (χ2n) is 32.9. The molecule has 0 aromatic heterocycles. The van der Waals surface area contributed by atoms with Crippen molar-refractivity contribution >= 4 is 25.7 Å². The van der Waals surface area contributed by atoms with E-state index in [-0.39, 0.29) is 0 Å². The van der Waals surface area contributed by atoms with Crippen LogP contribution in [-0.2, 0) is 118 Å². The van der Waals surface area contributed by atoms with Gasteiger partial charge < -0.3 is 286 Å². The Kier molecular flexibility index (Phi) is 39.4. The van der Waals surface area contributed by atoms with Crippen molar-refractivity contribution in [1.82, 2.24) is 0 Å². The molecular formula is C69H118N3O60P. The maximum atomic E-state index is 14.3. The number of carboxylic acid groups (broad SMARTS) is 3. The normalized spacial score (nSPS) is 48.1. The molecule has 0 amide bonds. The van der Waals surface area contributed by atoms with Crippen molar-refractivity contribution in [1.29, 1.82) is 0 Å². The first-order chi connectivity index (χ1) is 62.4. The van der Waals surface area contributed by atoms with Crippen LogP contribution in [0.3, 0.4) is 0 Å². The summed E-state index contributed by atoms with van der Waals surface area (Å²) in [6.07, 6.45) is -131. The first kappa shape index (κ1) is 111. The summed E-state index contributed by atoms with van der Waals surface area (Å²) in [5.74, 6) is -14.7. The van der Waals surface area contributed by atoms with Gasteiger partial charge in [0.05, 0.1) is 90.4 Å². The number of rotatable bonds is 40. The molecule has 10 fully saturated rings. The predicted molar refractivity (Wildman–Crippen MR) is 398 cm³/mol. The van der Waals surface area contributed by atoms with Crippen molar-refractivity contribution in [2.24, 2.45) is 17.2 Å². The summed E-state index contributed by atoms with van der Waals surface area (Å²) in [5.41, 5.74) is 17.5. The van der Waals surface area contributed by atoms with Gasteiger partial charge in [0.25, 0.3) is 11.6 Å². The van der Waals surface area contributed by atoms with Crippen LogP contribution in [-0.4, -0.2) is 593 Å². The Bertz CT molecular complexity index is 3690. The summed E-state index contributed by atoms with van der Waals surface area (Å²) in [6.45, 7) is -13.5. The molecular weight excluding hydrogens is 1860 g/mol. The van der Waals surface area contributed by atoms with Crippen molar-refractivity contribution in [3.8, 4) is 0 Å². The number of aliphatic carboxylic acids is 3. The lowest BCUT2D eigenvalue weighted by molar-refractivity contribution is -0.419. The van der Waals surface area contributed by atoms with E-state index in [2.05, 4.69) is 0 Å². The SMILES string of the molecule is NCCOP(=O)(O)O[C@@H](CO[C@H]1O[C@H]([C@@H](O)CO)[C@@H](O)[C@H](O)[C@@H]1O)[C@H]1O[C@H](O[C@@H]2[C@H](O)[C@@H](O[C@H]3[C@@H]([C@H](O)CO[C@H]4OC[C@H](N)[C@H](O)[C@H]4O)O[C@@](O)(C(=O)O)C[C@H]3O[C@]3(C(=O)O)C[C@@H](O)[C@@H](O)[C@@H]([C@H](O)CO)O3)O[C@H]([C@@H](O)CO)[C@H]2O[C@@H]2O[C@H](CO)[C@@H](O)[C@H](O)[C@H]2O)[C@@H](O)[C@@H](O[C@H]2O[C@H](C(=O)O)[C@H](O[C@H]3O[C@H](CO)[C@H](O)[C@H](O)[C@H]3N)[C@H](O)[C@H]2O[C@H]2O[C@H](C(O)CO)[C@@H](O)[C@H](O)[C@@H]2O)[C@@H]1O. The van der Waals surface area contributed by atoms with Crippen molar-refractivity contribution < 1.29 is 297 Å². The van der Waals surface area contributed by atoms with Gasteiger partial charge in [0.15, 0.2) is 56.4 Å². The maximum Gasteiger partial charge on any atom is 0.472 e. The van der Waals surface area contributed by atoms with Crippen LogP contribution in [0.15, 0.2) is 0 Å². The van der Waals surface area contributed by atoms with E-state index in [1.807, 2.05) is 0 Å². The largest absolute Gasteiger partial charge is 0.479 e. The number of phosphoric ester groups is 1. The van der Waals surface area contributed by atoms with Crippen LogP contribution in [0.5, 0.6) is 0 Å². The number of aliphatic hydroxyl groups is 31. The zero-order valence-electron chi connectivity index (χ0n) is 69.2. The molecule has 0 aliphatic carbocycles. The monoisotopic (exact) mass is 1980 g/mol. The predicted octanol–water partition coefficient (Wildman–Crippen LogP) is -24.9.